The second-order valence-electron chi connectivity index (χ2n) is 3.75. The van der Waals surface area contributed by atoms with Gasteiger partial charge in [-0.1, -0.05) is 23.7 Å². The zero-order valence-electron chi connectivity index (χ0n) is 8.91. The Morgan fingerprint density at radius 1 is 1.25 bits per heavy atom. The zero-order chi connectivity index (χ0) is 11.5. The van der Waals surface area contributed by atoms with Gasteiger partial charge >= 0.3 is 0 Å². The Hall–Kier alpha value is -0.920. The summed E-state index contributed by atoms with van der Waals surface area (Å²) in [6.07, 6.45) is 0.717. The molecule has 0 aliphatic carbocycles. The van der Waals surface area contributed by atoms with Crippen LogP contribution in [0.4, 0.5) is 0 Å². The van der Waals surface area contributed by atoms with Crippen molar-refractivity contribution in [1.29, 1.82) is 0 Å². The highest BCUT2D eigenvalue weighted by molar-refractivity contribution is 6.30. The van der Waals surface area contributed by atoms with Gasteiger partial charge in [0.1, 0.15) is 11.5 Å². The summed E-state index contributed by atoms with van der Waals surface area (Å²) in [7, 11) is 0. The van der Waals surface area contributed by atoms with Gasteiger partial charge in [0, 0.05) is 5.02 Å². The molecular formula is C13H12Cl2O. The van der Waals surface area contributed by atoms with Gasteiger partial charge in [0.05, 0.1) is 5.38 Å². The molecule has 0 radical (unpaired) electrons. The van der Waals surface area contributed by atoms with E-state index < -0.39 is 0 Å². The molecule has 84 valence electrons. The van der Waals surface area contributed by atoms with Gasteiger partial charge in [-0.2, -0.15) is 0 Å². The lowest BCUT2D eigenvalue weighted by molar-refractivity contribution is 0.477. The van der Waals surface area contributed by atoms with Crippen molar-refractivity contribution in [1.82, 2.24) is 0 Å². The van der Waals surface area contributed by atoms with Crippen molar-refractivity contribution < 1.29 is 4.42 Å². The van der Waals surface area contributed by atoms with Gasteiger partial charge < -0.3 is 4.42 Å². The highest BCUT2D eigenvalue weighted by Gasteiger charge is 2.12. The average Bonchev–Trinajstić information content (AvgIpc) is 2.65. The molecule has 1 heterocycles. The third-order valence-corrected chi connectivity index (χ3v) is 2.98. The maximum absolute atomic E-state index is 6.27. The third kappa shape index (κ3) is 2.81. The van der Waals surface area contributed by atoms with Gasteiger partial charge in [0.15, 0.2) is 0 Å². The minimum Gasteiger partial charge on any atom is -0.465 e. The molecule has 1 unspecified atom stereocenters. The van der Waals surface area contributed by atoms with Gasteiger partial charge in [-0.05, 0) is 43.2 Å². The third-order valence-electron chi connectivity index (χ3n) is 2.37. The van der Waals surface area contributed by atoms with Crippen molar-refractivity contribution in [3.05, 3.63) is 58.5 Å². The van der Waals surface area contributed by atoms with E-state index in [9.17, 15) is 0 Å². The number of halogens is 2. The van der Waals surface area contributed by atoms with Crippen LogP contribution in [-0.2, 0) is 6.42 Å². The Labute approximate surface area is 105 Å². The smallest absolute Gasteiger partial charge is 0.122 e. The molecular weight excluding hydrogens is 243 g/mol. The first kappa shape index (κ1) is 11.6. The quantitative estimate of drug-likeness (QED) is 0.720. The summed E-state index contributed by atoms with van der Waals surface area (Å²) >= 11 is 12.2. The summed E-state index contributed by atoms with van der Waals surface area (Å²) < 4.78 is 5.48. The van der Waals surface area contributed by atoms with E-state index in [1.54, 1.807) is 0 Å². The van der Waals surface area contributed by atoms with Crippen LogP contribution in [0.1, 0.15) is 22.5 Å². The summed E-state index contributed by atoms with van der Waals surface area (Å²) in [5.74, 6) is 1.69. The number of rotatable bonds is 3. The molecule has 1 aromatic heterocycles. The van der Waals surface area contributed by atoms with Crippen molar-refractivity contribution in [2.45, 2.75) is 18.7 Å². The lowest BCUT2D eigenvalue weighted by Gasteiger charge is -2.06. The summed E-state index contributed by atoms with van der Waals surface area (Å²) in [4.78, 5) is 0. The molecule has 0 fully saturated rings. The van der Waals surface area contributed by atoms with Gasteiger partial charge in [-0.25, -0.2) is 0 Å². The van der Waals surface area contributed by atoms with Crippen LogP contribution in [0.2, 0.25) is 5.02 Å². The predicted octanol–water partition coefficient (Wildman–Crippen LogP) is 4.76. The van der Waals surface area contributed by atoms with E-state index in [1.807, 2.05) is 43.3 Å². The molecule has 0 amide bonds. The van der Waals surface area contributed by atoms with Crippen LogP contribution in [0.5, 0.6) is 0 Å². The van der Waals surface area contributed by atoms with Crippen molar-refractivity contribution >= 4 is 23.2 Å². The van der Waals surface area contributed by atoms with Crippen molar-refractivity contribution in [2.24, 2.45) is 0 Å². The van der Waals surface area contributed by atoms with Crippen molar-refractivity contribution in [3.63, 3.8) is 0 Å². The number of benzene rings is 1. The van der Waals surface area contributed by atoms with Crippen LogP contribution >= 0.6 is 23.2 Å². The normalized spacial score (nSPS) is 12.7. The second kappa shape index (κ2) is 4.94. The molecule has 0 saturated heterocycles. The summed E-state index contributed by atoms with van der Waals surface area (Å²) in [5.41, 5.74) is 1.11. The molecule has 0 N–H and O–H groups in total. The highest BCUT2D eigenvalue weighted by Crippen LogP contribution is 2.27. The molecule has 0 spiro atoms. The monoisotopic (exact) mass is 254 g/mol. The van der Waals surface area contributed by atoms with Crippen LogP contribution in [0.15, 0.2) is 40.8 Å². The average molecular weight is 255 g/mol. The van der Waals surface area contributed by atoms with Gasteiger partial charge in [0.2, 0.25) is 0 Å². The number of aryl methyl sites for hydroxylation is 1. The first-order valence-electron chi connectivity index (χ1n) is 5.10. The fourth-order valence-corrected chi connectivity index (χ4v) is 2.10. The maximum Gasteiger partial charge on any atom is 0.122 e. The molecule has 0 aliphatic heterocycles. The van der Waals surface area contributed by atoms with Crippen LogP contribution in [0, 0.1) is 6.92 Å². The zero-order valence-corrected chi connectivity index (χ0v) is 10.4. The SMILES string of the molecule is Cc1ccc(C(Cl)Cc2cccc(Cl)c2)o1. The highest BCUT2D eigenvalue weighted by atomic mass is 35.5. The topological polar surface area (TPSA) is 13.1 Å². The van der Waals surface area contributed by atoms with E-state index in [-0.39, 0.29) is 5.38 Å². The Balaban J connectivity index is 2.10. The van der Waals surface area contributed by atoms with E-state index in [0.29, 0.717) is 0 Å². The standard InChI is InChI=1S/C13H12Cl2O/c1-9-5-6-13(16-9)12(15)8-10-3-2-4-11(14)7-10/h2-7,12H,8H2,1H3. The Morgan fingerprint density at radius 3 is 2.69 bits per heavy atom. The Morgan fingerprint density at radius 2 is 2.06 bits per heavy atom. The van der Waals surface area contributed by atoms with Crippen molar-refractivity contribution in [3.8, 4) is 0 Å². The Bertz CT molecular complexity index is 476. The molecule has 0 bridgehead atoms. The fraction of sp³-hybridized carbons (Fsp3) is 0.231. The van der Waals surface area contributed by atoms with E-state index in [4.69, 9.17) is 27.6 Å². The number of hydrogen-bond donors (Lipinski definition) is 0. The molecule has 2 aromatic rings. The number of furan rings is 1. The molecule has 2 rings (SSSR count). The lowest BCUT2D eigenvalue weighted by atomic mass is 10.1. The van der Waals surface area contributed by atoms with Crippen LogP contribution < -0.4 is 0 Å². The first-order chi connectivity index (χ1) is 7.65. The molecule has 0 saturated carbocycles. The summed E-state index contributed by atoms with van der Waals surface area (Å²) in [5, 5.41) is 0.587. The molecule has 3 heteroatoms. The van der Waals surface area contributed by atoms with E-state index in [1.165, 1.54) is 0 Å². The molecule has 0 aliphatic rings. The lowest BCUT2D eigenvalue weighted by Crippen LogP contribution is -1.94. The van der Waals surface area contributed by atoms with Gasteiger partial charge in [0.25, 0.3) is 0 Å². The fourth-order valence-electron chi connectivity index (χ4n) is 1.59. The Kier molecular flexibility index (Phi) is 3.57. The van der Waals surface area contributed by atoms with Gasteiger partial charge in [-0.3, -0.25) is 0 Å². The van der Waals surface area contributed by atoms with Crippen molar-refractivity contribution in [2.75, 3.05) is 0 Å². The largest absolute Gasteiger partial charge is 0.465 e. The predicted molar refractivity (Wildman–Crippen MR) is 67.2 cm³/mol. The van der Waals surface area contributed by atoms with E-state index in [2.05, 4.69) is 0 Å². The molecule has 1 atom stereocenters. The minimum atomic E-state index is -0.146. The first-order valence-corrected chi connectivity index (χ1v) is 5.91. The maximum atomic E-state index is 6.27. The second-order valence-corrected chi connectivity index (χ2v) is 4.71. The minimum absolute atomic E-state index is 0.146. The molecule has 1 nitrogen and oxygen atoms in total. The summed E-state index contributed by atoms with van der Waals surface area (Å²) in [6, 6.07) is 11.5. The number of hydrogen-bond acceptors (Lipinski definition) is 1. The van der Waals surface area contributed by atoms with E-state index >= 15 is 0 Å². The van der Waals surface area contributed by atoms with E-state index in [0.717, 1.165) is 28.5 Å². The van der Waals surface area contributed by atoms with Crippen LogP contribution in [0.25, 0.3) is 0 Å². The molecule has 16 heavy (non-hydrogen) atoms. The van der Waals surface area contributed by atoms with Crippen LogP contribution in [-0.4, -0.2) is 0 Å². The summed E-state index contributed by atoms with van der Waals surface area (Å²) in [6.45, 7) is 1.91. The number of alkyl halides is 1. The van der Waals surface area contributed by atoms with Gasteiger partial charge in [-0.15, -0.1) is 11.6 Å². The van der Waals surface area contributed by atoms with Crippen LogP contribution in [0.3, 0.4) is 0 Å². The molecule has 1 aromatic carbocycles.